The lowest BCUT2D eigenvalue weighted by molar-refractivity contribution is 0.517. The number of hydrogen-bond donors (Lipinski definition) is 0. The molecule has 19 heavy (non-hydrogen) atoms. The molecule has 0 heteroatoms. The van der Waals surface area contributed by atoms with Crippen LogP contribution < -0.4 is 0 Å². The minimum atomic E-state index is 0.581. The standard InChI is InChI=1S/C19H18/c1-3-9-16-14(6-1)8-5-11-18(16)19-13-12-15-7-2-4-10-17(15)19/h1-4,6-7,9-10,12-13,18-19H,5,8,11H2. The molecule has 0 bridgehead atoms. The average Bonchev–Trinajstić information content (AvgIpc) is 2.90. The molecule has 0 fully saturated rings. The SMILES string of the molecule is C1=CC(C2CCCc3ccccc32)c2ccccc21. The van der Waals surface area contributed by atoms with Gasteiger partial charge in [-0.15, -0.1) is 0 Å². The summed E-state index contributed by atoms with van der Waals surface area (Å²) in [7, 11) is 0. The Hall–Kier alpha value is -1.82. The molecule has 4 rings (SSSR count). The van der Waals surface area contributed by atoms with Gasteiger partial charge in [-0.1, -0.05) is 60.7 Å². The van der Waals surface area contributed by atoms with Gasteiger partial charge >= 0.3 is 0 Å². The van der Waals surface area contributed by atoms with Gasteiger partial charge in [-0.2, -0.15) is 0 Å². The predicted octanol–water partition coefficient (Wildman–Crippen LogP) is 4.92. The minimum absolute atomic E-state index is 0.581. The van der Waals surface area contributed by atoms with E-state index in [0.717, 1.165) is 0 Å². The quantitative estimate of drug-likeness (QED) is 0.670. The molecule has 0 saturated carbocycles. The van der Waals surface area contributed by atoms with Gasteiger partial charge in [0.05, 0.1) is 0 Å². The van der Waals surface area contributed by atoms with Crippen LogP contribution in [0.3, 0.4) is 0 Å². The Morgan fingerprint density at radius 3 is 2.58 bits per heavy atom. The molecule has 94 valence electrons. The molecule has 2 atom stereocenters. The first-order valence-corrected chi connectivity index (χ1v) is 7.28. The molecule has 2 aromatic rings. The van der Waals surface area contributed by atoms with Crippen molar-refractivity contribution in [1.82, 2.24) is 0 Å². The highest BCUT2D eigenvalue weighted by molar-refractivity contribution is 5.63. The second-order valence-corrected chi connectivity index (χ2v) is 5.71. The smallest absolute Gasteiger partial charge is 0.00960 e. The van der Waals surface area contributed by atoms with Crippen molar-refractivity contribution in [2.45, 2.75) is 31.1 Å². The highest BCUT2D eigenvalue weighted by Crippen LogP contribution is 2.45. The topological polar surface area (TPSA) is 0 Å². The molecule has 2 aliphatic carbocycles. The van der Waals surface area contributed by atoms with E-state index in [1.165, 1.54) is 30.4 Å². The summed E-state index contributed by atoms with van der Waals surface area (Å²) in [4.78, 5) is 0. The normalized spacial score (nSPS) is 24.0. The maximum atomic E-state index is 2.41. The Labute approximate surface area is 114 Å². The van der Waals surface area contributed by atoms with Crippen LogP contribution in [-0.2, 0) is 6.42 Å². The second kappa shape index (κ2) is 4.38. The van der Waals surface area contributed by atoms with E-state index in [-0.39, 0.29) is 0 Å². The summed E-state index contributed by atoms with van der Waals surface area (Å²) < 4.78 is 0. The monoisotopic (exact) mass is 246 g/mol. The maximum Gasteiger partial charge on any atom is 0.00960 e. The molecule has 2 aromatic carbocycles. The van der Waals surface area contributed by atoms with E-state index >= 15 is 0 Å². The summed E-state index contributed by atoms with van der Waals surface area (Å²) in [5.74, 6) is 1.25. The maximum absolute atomic E-state index is 2.41. The zero-order valence-electron chi connectivity index (χ0n) is 11.0. The Morgan fingerprint density at radius 2 is 1.63 bits per heavy atom. The third kappa shape index (κ3) is 1.74. The van der Waals surface area contributed by atoms with Gasteiger partial charge in [-0.05, 0) is 47.4 Å². The lowest BCUT2D eigenvalue weighted by Crippen LogP contribution is -2.15. The number of allylic oxidation sites excluding steroid dienone is 1. The van der Waals surface area contributed by atoms with Crippen LogP contribution in [0.1, 0.15) is 46.9 Å². The van der Waals surface area contributed by atoms with Crippen LogP contribution in [0.15, 0.2) is 54.6 Å². The van der Waals surface area contributed by atoms with Crippen molar-refractivity contribution in [3.8, 4) is 0 Å². The summed E-state index contributed by atoms with van der Waals surface area (Å²) in [6.45, 7) is 0. The van der Waals surface area contributed by atoms with E-state index in [0.29, 0.717) is 11.8 Å². The summed E-state index contributed by atoms with van der Waals surface area (Å²) in [5.41, 5.74) is 6.08. The third-order valence-corrected chi connectivity index (χ3v) is 4.69. The summed E-state index contributed by atoms with van der Waals surface area (Å²) in [5, 5.41) is 0. The van der Waals surface area contributed by atoms with Crippen LogP contribution >= 0.6 is 0 Å². The average molecular weight is 246 g/mol. The van der Waals surface area contributed by atoms with E-state index in [9.17, 15) is 0 Å². The van der Waals surface area contributed by atoms with Gasteiger partial charge in [-0.25, -0.2) is 0 Å². The summed E-state index contributed by atoms with van der Waals surface area (Å²) in [6.07, 6.45) is 8.62. The number of fused-ring (bicyclic) bond motifs is 2. The van der Waals surface area contributed by atoms with Crippen LogP contribution in [-0.4, -0.2) is 0 Å². The molecule has 0 N–H and O–H groups in total. The number of aryl methyl sites for hydroxylation is 1. The molecule has 0 radical (unpaired) electrons. The van der Waals surface area contributed by atoms with E-state index in [1.54, 1.807) is 11.1 Å². The molecule has 0 heterocycles. The van der Waals surface area contributed by atoms with Gasteiger partial charge in [0.1, 0.15) is 0 Å². The summed E-state index contributed by atoms with van der Waals surface area (Å²) in [6, 6.07) is 17.9. The van der Waals surface area contributed by atoms with Crippen LogP contribution in [0.5, 0.6) is 0 Å². The van der Waals surface area contributed by atoms with E-state index in [2.05, 4.69) is 60.7 Å². The second-order valence-electron chi connectivity index (χ2n) is 5.71. The highest BCUT2D eigenvalue weighted by Gasteiger charge is 2.30. The molecule has 0 nitrogen and oxygen atoms in total. The van der Waals surface area contributed by atoms with Crippen molar-refractivity contribution in [1.29, 1.82) is 0 Å². The third-order valence-electron chi connectivity index (χ3n) is 4.69. The van der Waals surface area contributed by atoms with Gasteiger partial charge in [0.15, 0.2) is 0 Å². The van der Waals surface area contributed by atoms with Gasteiger partial charge in [-0.3, -0.25) is 0 Å². The van der Waals surface area contributed by atoms with Crippen LogP contribution in [0, 0.1) is 0 Å². The summed E-state index contributed by atoms with van der Waals surface area (Å²) >= 11 is 0. The van der Waals surface area contributed by atoms with Gasteiger partial charge < -0.3 is 0 Å². The van der Waals surface area contributed by atoms with Crippen molar-refractivity contribution in [3.05, 3.63) is 76.9 Å². The molecule has 0 amide bonds. The van der Waals surface area contributed by atoms with Crippen molar-refractivity contribution in [2.75, 3.05) is 0 Å². The van der Waals surface area contributed by atoms with Gasteiger partial charge in [0, 0.05) is 5.92 Å². The Balaban J connectivity index is 1.78. The zero-order valence-corrected chi connectivity index (χ0v) is 11.0. The first kappa shape index (κ1) is 11.0. The molecule has 0 saturated heterocycles. The fourth-order valence-corrected chi connectivity index (χ4v) is 3.79. The number of hydrogen-bond acceptors (Lipinski definition) is 0. The van der Waals surface area contributed by atoms with Crippen LogP contribution in [0.25, 0.3) is 6.08 Å². The van der Waals surface area contributed by atoms with E-state index < -0.39 is 0 Å². The van der Waals surface area contributed by atoms with Gasteiger partial charge in [0.2, 0.25) is 0 Å². The number of benzene rings is 2. The van der Waals surface area contributed by atoms with Crippen LogP contribution in [0.2, 0.25) is 0 Å². The minimum Gasteiger partial charge on any atom is -0.0758 e. The van der Waals surface area contributed by atoms with Crippen LogP contribution in [0.4, 0.5) is 0 Å². The van der Waals surface area contributed by atoms with E-state index in [1.807, 2.05) is 0 Å². The largest absolute Gasteiger partial charge is 0.0758 e. The molecule has 2 aliphatic rings. The number of rotatable bonds is 1. The van der Waals surface area contributed by atoms with Crippen molar-refractivity contribution in [3.63, 3.8) is 0 Å². The van der Waals surface area contributed by atoms with Crippen molar-refractivity contribution in [2.24, 2.45) is 0 Å². The Kier molecular flexibility index (Phi) is 2.55. The lowest BCUT2D eigenvalue weighted by atomic mass is 9.74. The highest BCUT2D eigenvalue weighted by atomic mass is 14.3. The fourth-order valence-electron chi connectivity index (χ4n) is 3.79. The van der Waals surface area contributed by atoms with Crippen molar-refractivity contribution >= 4 is 6.08 Å². The van der Waals surface area contributed by atoms with E-state index in [4.69, 9.17) is 0 Å². The molecular formula is C19H18. The van der Waals surface area contributed by atoms with Crippen molar-refractivity contribution < 1.29 is 0 Å². The molecule has 0 spiro atoms. The molecular weight excluding hydrogens is 228 g/mol. The lowest BCUT2D eigenvalue weighted by Gasteiger charge is -2.30. The molecule has 0 aromatic heterocycles. The predicted molar refractivity (Wildman–Crippen MR) is 80.3 cm³/mol. The van der Waals surface area contributed by atoms with Gasteiger partial charge in [0.25, 0.3) is 0 Å². The Morgan fingerprint density at radius 1 is 0.842 bits per heavy atom. The Bertz CT molecular complexity index is 636. The first-order chi connectivity index (χ1) is 9.43. The molecule has 0 aliphatic heterocycles. The fraction of sp³-hybridized carbons (Fsp3) is 0.263. The first-order valence-electron chi connectivity index (χ1n) is 7.28. The molecule has 2 unspecified atom stereocenters. The zero-order chi connectivity index (χ0) is 12.7.